The molecule has 1 fully saturated rings. The van der Waals surface area contributed by atoms with E-state index in [2.05, 4.69) is 0 Å². The molecule has 0 amide bonds. The Morgan fingerprint density at radius 3 is 1.86 bits per heavy atom. The number of rotatable bonds is 2. The fourth-order valence-corrected chi connectivity index (χ4v) is 1.84. The molecule has 1 aliphatic carbocycles. The maximum Gasteiger partial charge on any atom is 0.420 e. The molecule has 0 saturated heterocycles. The largest absolute Gasteiger partial charge is 0.481 e. The standard InChI is InChI=1S/C8H10F4O2/c1-6(2)3-7(6,5(13)14)4(9)8(10,11)12/h4H,3H2,1-2H3,(H,13,14). The van der Waals surface area contributed by atoms with Crippen molar-refractivity contribution in [2.24, 2.45) is 10.8 Å². The molecule has 1 N–H and O–H groups in total. The van der Waals surface area contributed by atoms with Gasteiger partial charge in [0, 0.05) is 0 Å². The van der Waals surface area contributed by atoms with E-state index in [0.717, 1.165) is 0 Å². The van der Waals surface area contributed by atoms with Gasteiger partial charge in [0.25, 0.3) is 0 Å². The first-order valence-corrected chi connectivity index (χ1v) is 4.00. The van der Waals surface area contributed by atoms with E-state index >= 15 is 0 Å². The second kappa shape index (κ2) is 2.61. The predicted octanol–water partition coefficient (Wildman–Crippen LogP) is 2.39. The van der Waals surface area contributed by atoms with Gasteiger partial charge in [-0.15, -0.1) is 0 Å². The molecule has 2 unspecified atom stereocenters. The molecular formula is C8H10F4O2. The summed E-state index contributed by atoms with van der Waals surface area (Å²) >= 11 is 0. The number of carboxylic acid groups (broad SMARTS) is 1. The van der Waals surface area contributed by atoms with E-state index in [0.29, 0.717) is 0 Å². The van der Waals surface area contributed by atoms with E-state index in [-0.39, 0.29) is 6.42 Å². The second-order valence-corrected chi connectivity index (χ2v) is 4.24. The van der Waals surface area contributed by atoms with E-state index in [9.17, 15) is 22.4 Å². The predicted molar refractivity (Wildman–Crippen MR) is 39.4 cm³/mol. The van der Waals surface area contributed by atoms with Crippen molar-refractivity contribution in [2.75, 3.05) is 0 Å². The van der Waals surface area contributed by atoms with Crippen LogP contribution in [0.1, 0.15) is 20.3 Å². The zero-order valence-corrected chi connectivity index (χ0v) is 7.65. The molecule has 0 radical (unpaired) electrons. The molecule has 0 spiro atoms. The number of carbonyl (C=O) groups is 1. The van der Waals surface area contributed by atoms with E-state index in [1.54, 1.807) is 0 Å². The average Bonchev–Trinajstić information content (AvgIpc) is 2.51. The van der Waals surface area contributed by atoms with Gasteiger partial charge in [0.05, 0.1) is 0 Å². The summed E-state index contributed by atoms with van der Waals surface area (Å²) in [6.45, 7) is 2.64. The first kappa shape index (κ1) is 11.3. The SMILES string of the molecule is CC1(C)CC1(C(=O)O)C(F)C(F)(F)F. The van der Waals surface area contributed by atoms with Gasteiger partial charge in [-0.1, -0.05) is 13.8 Å². The third kappa shape index (κ3) is 1.27. The number of carboxylic acids is 1. The lowest BCUT2D eigenvalue weighted by atomic mass is 9.90. The number of alkyl halides is 4. The maximum atomic E-state index is 13.0. The van der Waals surface area contributed by atoms with Crippen molar-refractivity contribution in [3.05, 3.63) is 0 Å². The first-order valence-electron chi connectivity index (χ1n) is 4.00. The van der Waals surface area contributed by atoms with Gasteiger partial charge in [0.15, 0.2) is 0 Å². The molecular weight excluding hydrogens is 204 g/mol. The van der Waals surface area contributed by atoms with Gasteiger partial charge >= 0.3 is 12.1 Å². The lowest BCUT2D eigenvalue weighted by Gasteiger charge is -2.22. The zero-order chi connectivity index (χ0) is 11.4. The van der Waals surface area contributed by atoms with Crippen LogP contribution in [0.5, 0.6) is 0 Å². The summed E-state index contributed by atoms with van der Waals surface area (Å²) in [6, 6.07) is 0. The van der Waals surface area contributed by atoms with Crippen LogP contribution < -0.4 is 0 Å². The summed E-state index contributed by atoms with van der Waals surface area (Å²) in [6.07, 6.45) is -8.68. The molecule has 2 atom stereocenters. The van der Waals surface area contributed by atoms with Crippen LogP contribution in [0.4, 0.5) is 17.6 Å². The molecule has 0 aromatic heterocycles. The minimum absolute atomic E-state index is 0.282. The summed E-state index contributed by atoms with van der Waals surface area (Å²) in [4.78, 5) is 10.6. The molecule has 0 heterocycles. The van der Waals surface area contributed by atoms with E-state index in [4.69, 9.17) is 5.11 Å². The van der Waals surface area contributed by atoms with Crippen LogP contribution in [0.15, 0.2) is 0 Å². The highest BCUT2D eigenvalue weighted by Gasteiger charge is 2.76. The Morgan fingerprint density at radius 1 is 1.43 bits per heavy atom. The molecule has 82 valence electrons. The average molecular weight is 214 g/mol. The Labute approximate surface area is 77.9 Å². The summed E-state index contributed by atoms with van der Waals surface area (Å²) < 4.78 is 49.1. The van der Waals surface area contributed by atoms with E-state index in [1.165, 1.54) is 13.8 Å². The molecule has 1 saturated carbocycles. The Balaban J connectivity index is 3.00. The zero-order valence-electron chi connectivity index (χ0n) is 7.65. The van der Waals surface area contributed by atoms with E-state index < -0.39 is 29.1 Å². The van der Waals surface area contributed by atoms with Crippen molar-refractivity contribution in [3.8, 4) is 0 Å². The lowest BCUT2D eigenvalue weighted by Crippen LogP contribution is -2.41. The third-order valence-electron chi connectivity index (χ3n) is 2.91. The molecule has 6 heteroatoms. The van der Waals surface area contributed by atoms with Crippen LogP contribution in [0, 0.1) is 10.8 Å². The van der Waals surface area contributed by atoms with Gasteiger partial charge in [0.2, 0.25) is 6.17 Å². The smallest absolute Gasteiger partial charge is 0.420 e. The van der Waals surface area contributed by atoms with Crippen molar-refractivity contribution in [3.63, 3.8) is 0 Å². The van der Waals surface area contributed by atoms with Crippen LogP contribution in [0.25, 0.3) is 0 Å². The van der Waals surface area contributed by atoms with Gasteiger partial charge in [-0.05, 0) is 11.8 Å². The van der Waals surface area contributed by atoms with Gasteiger partial charge < -0.3 is 5.11 Å². The monoisotopic (exact) mass is 214 g/mol. The first-order chi connectivity index (χ1) is 6.06. The normalized spacial score (nSPS) is 32.4. The molecule has 0 aromatic rings. The van der Waals surface area contributed by atoms with Gasteiger partial charge in [-0.2, -0.15) is 13.2 Å². The lowest BCUT2D eigenvalue weighted by molar-refractivity contribution is -0.209. The van der Waals surface area contributed by atoms with Gasteiger partial charge in [-0.25, -0.2) is 4.39 Å². The Hall–Kier alpha value is -0.810. The van der Waals surface area contributed by atoms with Crippen LogP contribution in [-0.2, 0) is 4.79 Å². The maximum absolute atomic E-state index is 13.0. The molecule has 1 aliphatic rings. The molecule has 2 nitrogen and oxygen atoms in total. The van der Waals surface area contributed by atoms with Crippen molar-refractivity contribution in [1.82, 2.24) is 0 Å². The van der Waals surface area contributed by atoms with E-state index in [1.807, 2.05) is 0 Å². The van der Waals surface area contributed by atoms with Crippen molar-refractivity contribution in [2.45, 2.75) is 32.6 Å². The molecule has 14 heavy (non-hydrogen) atoms. The minimum atomic E-state index is -5.11. The topological polar surface area (TPSA) is 37.3 Å². The number of aliphatic carboxylic acids is 1. The van der Waals surface area contributed by atoms with Gasteiger partial charge in [0.1, 0.15) is 5.41 Å². The van der Waals surface area contributed by atoms with Crippen LogP contribution in [0.2, 0.25) is 0 Å². The summed E-state index contributed by atoms with van der Waals surface area (Å²) in [7, 11) is 0. The van der Waals surface area contributed by atoms with Crippen LogP contribution in [-0.4, -0.2) is 23.4 Å². The summed E-state index contributed by atoms with van der Waals surface area (Å²) in [5.41, 5.74) is -3.42. The van der Waals surface area contributed by atoms with Crippen molar-refractivity contribution < 1.29 is 27.5 Å². The quantitative estimate of drug-likeness (QED) is 0.716. The molecule has 0 bridgehead atoms. The Morgan fingerprint density at radius 2 is 1.79 bits per heavy atom. The Kier molecular flexibility index (Phi) is 2.10. The highest BCUT2D eigenvalue weighted by atomic mass is 19.4. The number of halogens is 4. The summed E-state index contributed by atoms with van der Waals surface area (Å²) in [5.74, 6) is -1.72. The number of hydrogen-bond donors (Lipinski definition) is 1. The van der Waals surface area contributed by atoms with Crippen molar-refractivity contribution in [1.29, 1.82) is 0 Å². The molecule has 0 aromatic carbocycles. The highest BCUT2D eigenvalue weighted by Crippen LogP contribution is 2.68. The Bertz CT molecular complexity index is 271. The minimum Gasteiger partial charge on any atom is -0.481 e. The fourth-order valence-electron chi connectivity index (χ4n) is 1.84. The molecule has 1 rings (SSSR count). The van der Waals surface area contributed by atoms with Crippen LogP contribution in [0.3, 0.4) is 0 Å². The fraction of sp³-hybridized carbons (Fsp3) is 0.875. The highest BCUT2D eigenvalue weighted by molar-refractivity contribution is 5.81. The van der Waals surface area contributed by atoms with Crippen LogP contribution >= 0.6 is 0 Å². The molecule has 0 aliphatic heterocycles. The van der Waals surface area contributed by atoms with Crippen molar-refractivity contribution >= 4 is 5.97 Å². The summed E-state index contributed by atoms with van der Waals surface area (Å²) in [5, 5.41) is 8.63. The second-order valence-electron chi connectivity index (χ2n) is 4.24. The number of hydrogen-bond acceptors (Lipinski definition) is 1. The van der Waals surface area contributed by atoms with Gasteiger partial charge in [-0.3, -0.25) is 4.79 Å². The third-order valence-corrected chi connectivity index (χ3v) is 2.91.